The minimum atomic E-state index is 0.167. The standard InChI is InChI=1S/C16H29N3O2/c20-16(6-11-21-15-3-7-17-8-4-15)18-13-5-10-19-9-1-2-14(19)12-13/h13-15,17H,1-12H2,(H,18,20). The Morgan fingerprint density at radius 3 is 2.90 bits per heavy atom. The fourth-order valence-electron chi connectivity index (χ4n) is 3.94. The highest BCUT2D eigenvalue weighted by Crippen LogP contribution is 2.26. The number of hydrogen-bond donors (Lipinski definition) is 2. The number of carbonyl (C=O) groups is 1. The monoisotopic (exact) mass is 295 g/mol. The molecular weight excluding hydrogens is 266 g/mol. The quantitative estimate of drug-likeness (QED) is 0.791. The minimum Gasteiger partial charge on any atom is -0.378 e. The fraction of sp³-hybridized carbons (Fsp3) is 0.938. The average Bonchev–Trinajstić information content (AvgIpc) is 2.96. The predicted octanol–water partition coefficient (Wildman–Crippen LogP) is 0.888. The first-order chi connectivity index (χ1) is 10.3. The number of amides is 1. The van der Waals surface area contributed by atoms with E-state index in [9.17, 15) is 4.79 Å². The van der Waals surface area contributed by atoms with Crippen LogP contribution in [0.15, 0.2) is 0 Å². The van der Waals surface area contributed by atoms with Crippen molar-refractivity contribution >= 4 is 5.91 Å². The number of nitrogens with one attached hydrogen (secondary N) is 2. The van der Waals surface area contributed by atoms with Gasteiger partial charge in [0.2, 0.25) is 5.91 Å². The molecule has 0 radical (unpaired) electrons. The van der Waals surface area contributed by atoms with Crippen LogP contribution in [0, 0.1) is 0 Å². The van der Waals surface area contributed by atoms with Crippen molar-refractivity contribution in [3.63, 3.8) is 0 Å². The second-order valence-corrected chi connectivity index (χ2v) is 6.69. The van der Waals surface area contributed by atoms with Crippen LogP contribution >= 0.6 is 0 Å². The van der Waals surface area contributed by atoms with Crippen LogP contribution in [-0.2, 0) is 9.53 Å². The van der Waals surface area contributed by atoms with Crippen LogP contribution in [0.3, 0.4) is 0 Å². The summed E-state index contributed by atoms with van der Waals surface area (Å²) in [5.74, 6) is 0.167. The molecule has 0 bridgehead atoms. The lowest BCUT2D eigenvalue weighted by Gasteiger charge is -2.35. The molecule has 3 aliphatic rings. The van der Waals surface area contributed by atoms with Crippen molar-refractivity contribution < 1.29 is 9.53 Å². The third-order valence-corrected chi connectivity index (χ3v) is 5.15. The van der Waals surface area contributed by atoms with Gasteiger partial charge in [-0.3, -0.25) is 4.79 Å². The second-order valence-electron chi connectivity index (χ2n) is 6.69. The maximum absolute atomic E-state index is 12.0. The number of piperidine rings is 2. The number of fused-ring (bicyclic) bond motifs is 1. The van der Waals surface area contributed by atoms with Crippen molar-refractivity contribution in [3.05, 3.63) is 0 Å². The SMILES string of the molecule is O=C(CCOC1CCNCC1)NC1CCN2CCCC2C1. The average molecular weight is 295 g/mol. The highest BCUT2D eigenvalue weighted by molar-refractivity contribution is 5.76. The number of carbonyl (C=O) groups excluding carboxylic acids is 1. The van der Waals surface area contributed by atoms with E-state index >= 15 is 0 Å². The third kappa shape index (κ3) is 4.41. The van der Waals surface area contributed by atoms with Crippen molar-refractivity contribution in [2.45, 2.75) is 63.1 Å². The zero-order valence-corrected chi connectivity index (χ0v) is 13.0. The lowest BCUT2D eigenvalue weighted by molar-refractivity contribution is -0.123. The molecule has 0 aromatic carbocycles. The van der Waals surface area contributed by atoms with Gasteiger partial charge in [-0.05, 0) is 58.2 Å². The van der Waals surface area contributed by atoms with Crippen molar-refractivity contribution in [1.82, 2.24) is 15.5 Å². The van der Waals surface area contributed by atoms with Gasteiger partial charge in [-0.15, -0.1) is 0 Å². The Morgan fingerprint density at radius 1 is 1.19 bits per heavy atom. The molecule has 3 aliphatic heterocycles. The number of nitrogens with zero attached hydrogens (tertiary/aromatic N) is 1. The maximum Gasteiger partial charge on any atom is 0.222 e. The van der Waals surface area contributed by atoms with E-state index in [1.165, 1.54) is 19.4 Å². The molecule has 0 aromatic rings. The largest absolute Gasteiger partial charge is 0.378 e. The summed E-state index contributed by atoms with van der Waals surface area (Å²) in [4.78, 5) is 14.6. The van der Waals surface area contributed by atoms with Gasteiger partial charge in [-0.2, -0.15) is 0 Å². The molecule has 3 rings (SSSR count). The van der Waals surface area contributed by atoms with E-state index in [1.54, 1.807) is 0 Å². The molecule has 3 fully saturated rings. The van der Waals surface area contributed by atoms with Crippen LogP contribution in [0.4, 0.5) is 0 Å². The normalized spacial score (nSPS) is 31.0. The Bertz CT molecular complexity index is 344. The lowest BCUT2D eigenvalue weighted by atomic mass is 9.97. The van der Waals surface area contributed by atoms with Crippen molar-refractivity contribution in [1.29, 1.82) is 0 Å². The molecule has 5 heteroatoms. The molecule has 0 aromatic heterocycles. The van der Waals surface area contributed by atoms with E-state index in [-0.39, 0.29) is 5.91 Å². The van der Waals surface area contributed by atoms with E-state index in [2.05, 4.69) is 15.5 Å². The van der Waals surface area contributed by atoms with Gasteiger partial charge in [0.15, 0.2) is 0 Å². The van der Waals surface area contributed by atoms with Gasteiger partial charge in [0.05, 0.1) is 12.7 Å². The Kier molecular flexibility index (Phi) is 5.49. The summed E-state index contributed by atoms with van der Waals surface area (Å²) in [6.07, 6.45) is 7.89. The summed E-state index contributed by atoms with van der Waals surface area (Å²) >= 11 is 0. The molecule has 0 spiro atoms. The first kappa shape index (κ1) is 15.3. The van der Waals surface area contributed by atoms with Crippen LogP contribution in [0.5, 0.6) is 0 Å². The lowest BCUT2D eigenvalue weighted by Crippen LogP contribution is -2.47. The minimum absolute atomic E-state index is 0.167. The van der Waals surface area contributed by atoms with Crippen molar-refractivity contribution in [2.75, 3.05) is 32.8 Å². The molecule has 2 N–H and O–H groups in total. The van der Waals surface area contributed by atoms with E-state index in [0.717, 1.165) is 51.4 Å². The first-order valence-corrected chi connectivity index (χ1v) is 8.67. The maximum atomic E-state index is 12.0. The van der Waals surface area contributed by atoms with Gasteiger partial charge in [0, 0.05) is 25.0 Å². The summed E-state index contributed by atoms with van der Waals surface area (Å²) in [5.41, 5.74) is 0. The van der Waals surface area contributed by atoms with Gasteiger partial charge in [-0.25, -0.2) is 0 Å². The van der Waals surface area contributed by atoms with Crippen LogP contribution < -0.4 is 10.6 Å². The second kappa shape index (κ2) is 7.56. The molecule has 0 aliphatic carbocycles. The smallest absolute Gasteiger partial charge is 0.222 e. The molecule has 2 atom stereocenters. The number of hydrogen-bond acceptors (Lipinski definition) is 4. The summed E-state index contributed by atoms with van der Waals surface area (Å²) in [7, 11) is 0. The molecule has 21 heavy (non-hydrogen) atoms. The van der Waals surface area contributed by atoms with Crippen LogP contribution in [0.25, 0.3) is 0 Å². The van der Waals surface area contributed by atoms with Gasteiger partial charge in [-0.1, -0.05) is 0 Å². The van der Waals surface area contributed by atoms with E-state index in [0.29, 0.717) is 25.2 Å². The first-order valence-electron chi connectivity index (χ1n) is 8.67. The van der Waals surface area contributed by atoms with Gasteiger partial charge < -0.3 is 20.3 Å². The number of rotatable bonds is 5. The third-order valence-electron chi connectivity index (χ3n) is 5.15. The molecule has 0 saturated carbocycles. The van der Waals surface area contributed by atoms with E-state index < -0.39 is 0 Å². The zero-order valence-electron chi connectivity index (χ0n) is 13.0. The fourth-order valence-corrected chi connectivity index (χ4v) is 3.94. The highest BCUT2D eigenvalue weighted by atomic mass is 16.5. The predicted molar refractivity (Wildman–Crippen MR) is 82.2 cm³/mol. The number of ether oxygens (including phenoxy) is 1. The Labute approximate surface area is 127 Å². The Balaban J connectivity index is 1.30. The molecule has 5 nitrogen and oxygen atoms in total. The topological polar surface area (TPSA) is 53.6 Å². The summed E-state index contributed by atoms with van der Waals surface area (Å²) in [6.45, 7) is 5.06. The molecule has 3 heterocycles. The van der Waals surface area contributed by atoms with Gasteiger partial charge >= 0.3 is 0 Å². The molecule has 120 valence electrons. The van der Waals surface area contributed by atoms with Crippen LogP contribution in [0.2, 0.25) is 0 Å². The summed E-state index contributed by atoms with van der Waals surface area (Å²) in [6, 6.07) is 1.10. The van der Waals surface area contributed by atoms with Gasteiger partial charge in [0.25, 0.3) is 0 Å². The van der Waals surface area contributed by atoms with Gasteiger partial charge in [0.1, 0.15) is 0 Å². The van der Waals surface area contributed by atoms with E-state index in [4.69, 9.17) is 4.74 Å². The molecular formula is C16H29N3O2. The Morgan fingerprint density at radius 2 is 2.05 bits per heavy atom. The zero-order chi connectivity index (χ0) is 14.5. The van der Waals surface area contributed by atoms with E-state index in [1.807, 2.05) is 0 Å². The van der Waals surface area contributed by atoms with Crippen molar-refractivity contribution in [2.24, 2.45) is 0 Å². The molecule has 2 unspecified atom stereocenters. The van der Waals surface area contributed by atoms with Crippen LogP contribution in [0.1, 0.15) is 44.9 Å². The molecule has 1 amide bonds. The highest BCUT2D eigenvalue weighted by Gasteiger charge is 2.32. The summed E-state index contributed by atoms with van der Waals surface area (Å²) < 4.78 is 5.80. The Hall–Kier alpha value is -0.650. The van der Waals surface area contributed by atoms with Crippen LogP contribution in [-0.4, -0.2) is 61.8 Å². The molecule has 3 saturated heterocycles. The summed E-state index contributed by atoms with van der Waals surface area (Å²) in [5, 5.41) is 6.53. The van der Waals surface area contributed by atoms with Crippen molar-refractivity contribution in [3.8, 4) is 0 Å².